The molecule has 0 saturated carbocycles. The van der Waals surface area contributed by atoms with Gasteiger partial charge in [0.1, 0.15) is 6.04 Å². The first-order chi connectivity index (χ1) is 24.0. The molecule has 1 aromatic carbocycles. The summed E-state index contributed by atoms with van der Waals surface area (Å²) in [4.78, 5) is 58.3. The normalized spacial score (nSPS) is 20.1. The molecule has 4 amide bonds. The van der Waals surface area contributed by atoms with E-state index >= 15 is 0 Å². The Bertz CT molecular complexity index is 1250. The van der Waals surface area contributed by atoms with Crippen LogP contribution < -0.4 is 16.0 Å². The van der Waals surface area contributed by atoms with E-state index in [1.54, 1.807) is 52.0 Å². The smallest absolute Gasteiger partial charge is 0.245 e. The lowest BCUT2D eigenvalue weighted by Crippen LogP contribution is -2.59. The number of carbonyl (C=O) groups is 4. The quantitative estimate of drug-likeness (QED) is 0.160. The zero-order valence-electron chi connectivity index (χ0n) is 33.1. The number of nitrogens with zero attached hydrogens (tertiary/aromatic N) is 2. The van der Waals surface area contributed by atoms with Crippen LogP contribution in [0.25, 0.3) is 0 Å². The van der Waals surface area contributed by atoms with Gasteiger partial charge < -0.3 is 40.3 Å². The van der Waals surface area contributed by atoms with Crippen LogP contribution in [0, 0.1) is 23.7 Å². The summed E-state index contributed by atoms with van der Waals surface area (Å²) < 4.78 is 11.9. The summed E-state index contributed by atoms with van der Waals surface area (Å²) in [5, 5.41) is 19.8. The van der Waals surface area contributed by atoms with Gasteiger partial charge in [-0.1, -0.05) is 85.2 Å². The van der Waals surface area contributed by atoms with Crippen LogP contribution in [-0.2, 0) is 28.7 Å². The second-order valence-electron chi connectivity index (χ2n) is 15.0. The van der Waals surface area contributed by atoms with Gasteiger partial charge in [-0.3, -0.25) is 19.2 Å². The van der Waals surface area contributed by atoms with Gasteiger partial charge >= 0.3 is 0 Å². The Kier molecular flexibility index (Phi) is 18.0. The van der Waals surface area contributed by atoms with Crippen LogP contribution in [0.1, 0.15) is 92.7 Å². The molecule has 1 aliphatic rings. The Morgan fingerprint density at radius 3 is 2.04 bits per heavy atom. The molecule has 0 aliphatic carbocycles. The number of amides is 4. The third kappa shape index (κ3) is 11.5. The molecule has 10 atom stereocenters. The fraction of sp³-hybridized carbons (Fsp3) is 0.744. The van der Waals surface area contributed by atoms with Gasteiger partial charge in [-0.05, 0) is 50.1 Å². The van der Waals surface area contributed by atoms with E-state index < -0.39 is 48.4 Å². The highest BCUT2D eigenvalue weighted by Crippen LogP contribution is 2.30. The zero-order valence-corrected chi connectivity index (χ0v) is 33.1. The minimum atomic E-state index is -0.875. The number of nitrogens with one attached hydrogen (secondary N) is 3. The maximum Gasteiger partial charge on any atom is 0.245 e. The molecule has 1 saturated heterocycles. The number of rotatable bonds is 20. The Balaban J connectivity index is 2.24. The molecule has 1 fully saturated rings. The van der Waals surface area contributed by atoms with Crippen LogP contribution in [0.2, 0.25) is 0 Å². The molecule has 1 aliphatic heterocycles. The highest BCUT2D eigenvalue weighted by molar-refractivity contribution is 5.90. The number of hydrogen-bond donors (Lipinski definition) is 4. The topological polar surface area (TPSA) is 150 Å². The van der Waals surface area contributed by atoms with Gasteiger partial charge in [0.2, 0.25) is 23.6 Å². The van der Waals surface area contributed by atoms with Crippen molar-refractivity contribution in [2.75, 3.05) is 34.9 Å². The monoisotopic (exact) mass is 718 g/mol. The van der Waals surface area contributed by atoms with Gasteiger partial charge in [0, 0.05) is 27.8 Å². The van der Waals surface area contributed by atoms with E-state index in [-0.39, 0.29) is 53.8 Å². The highest BCUT2D eigenvalue weighted by atomic mass is 16.5. The zero-order chi connectivity index (χ0) is 38.6. The van der Waals surface area contributed by atoms with Crippen molar-refractivity contribution in [1.82, 2.24) is 25.8 Å². The van der Waals surface area contributed by atoms with Gasteiger partial charge in [0.15, 0.2) is 0 Å². The average Bonchev–Trinajstić information content (AvgIpc) is 3.59. The van der Waals surface area contributed by atoms with E-state index in [1.807, 2.05) is 71.9 Å². The molecule has 4 N–H and O–H groups in total. The predicted octanol–water partition coefficient (Wildman–Crippen LogP) is 3.53. The number of methoxy groups -OCH3 is 2. The molecule has 1 aromatic rings. The third-order valence-corrected chi connectivity index (χ3v) is 10.7. The maximum atomic E-state index is 14.1. The summed E-state index contributed by atoms with van der Waals surface area (Å²) in [6.45, 7) is 15.9. The van der Waals surface area contributed by atoms with Gasteiger partial charge in [-0.25, -0.2) is 0 Å². The lowest BCUT2D eigenvalue weighted by Gasteiger charge is -2.41. The summed E-state index contributed by atoms with van der Waals surface area (Å²) in [7, 11) is 6.57. The second kappa shape index (κ2) is 20.8. The van der Waals surface area contributed by atoms with Gasteiger partial charge in [0.05, 0.1) is 54.8 Å². The van der Waals surface area contributed by atoms with E-state index in [1.165, 1.54) is 0 Å². The number of benzene rings is 1. The number of hydrogen-bond acceptors (Lipinski definition) is 8. The lowest BCUT2D eigenvalue weighted by molar-refractivity contribution is -0.148. The molecule has 1 heterocycles. The van der Waals surface area contributed by atoms with Gasteiger partial charge in [0.25, 0.3) is 0 Å². The number of aliphatic hydroxyl groups excluding tert-OH is 1. The van der Waals surface area contributed by atoms with E-state index in [2.05, 4.69) is 16.0 Å². The van der Waals surface area contributed by atoms with Crippen molar-refractivity contribution >= 4 is 23.6 Å². The molecular formula is C39H67N5O7. The summed E-state index contributed by atoms with van der Waals surface area (Å²) >= 11 is 0. The summed E-state index contributed by atoms with van der Waals surface area (Å²) in [6.07, 6.45) is 0.147. The standard InChI is InChI=1S/C39H67N5O7/c1-13-25(6)34(43(10)39(49)33(24(4)5)42-38(48)32(40-9)23(2)3)30(50-11)22-31(45)44-21-17-20-29(44)36(51-12)26(7)37(47)41-27(8)35(46)28-18-15-14-16-19-28/h14-16,18-19,23-27,29-30,32-36,40,46H,13,17,20-22H2,1-12H3,(H,41,47)(H,42,48)/t25-,26+,27+,29-,30-,32-,33-,34-,35-,36+/m0/s1. The first-order valence-corrected chi connectivity index (χ1v) is 18.7. The molecule has 0 spiro atoms. The van der Waals surface area contributed by atoms with Crippen molar-refractivity contribution in [3.05, 3.63) is 35.9 Å². The summed E-state index contributed by atoms with van der Waals surface area (Å²) in [5.74, 6) is -1.62. The van der Waals surface area contributed by atoms with Crippen LogP contribution in [-0.4, -0.2) is 116 Å². The third-order valence-electron chi connectivity index (χ3n) is 10.7. The van der Waals surface area contributed by atoms with Gasteiger partial charge in [-0.15, -0.1) is 0 Å². The molecule has 0 unspecified atom stereocenters. The first kappa shape index (κ1) is 44.1. The molecule has 0 aromatic heterocycles. The molecule has 2 rings (SSSR count). The summed E-state index contributed by atoms with van der Waals surface area (Å²) in [5.41, 5.74) is 0.711. The van der Waals surface area contributed by atoms with Crippen LogP contribution in [0.5, 0.6) is 0 Å². The Hall–Kier alpha value is -3.06. The molecule has 0 bridgehead atoms. The first-order valence-electron chi connectivity index (χ1n) is 18.7. The van der Waals surface area contributed by atoms with E-state index in [4.69, 9.17) is 9.47 Å². The van der Waals surface area contributed by atoms with Crippen LogP contribution >= 0.6 is 0 Å². The van der Waals surface area contributed by atoms with E-state index in [0.717, 1.165) is 12.8 Å². The largest absolute Gasteiger partial charge is 0.386 e. The van der Waals surface area contributed by atoms with Crippen LogP contribution in [0.15, 0.2) is 30.3 Å². The van der Waals surface area contributed by atoms with Crippen molar-refractivity contribution in [2.24, 2.45) is 23.7 Å². The Labute approximate surface area is 306 Å². The minimum Gasteiger partial charge on any atom is -0.386 e. The molecular weight excluding hydrogens is 650 g/mol. The highest BCUT2D eigenvalue weighted by Gasteiger charge is 2.43. The van der Waals surface area contributed by atoms with Gasteiger partial charge in [-0.2, -0.15) is 0 Å². The van der Waals surface area contributed by atoms with E-state index in [9.17, 15) is 24.3 Å². The fourth-order valence-electron chi connectivity index (χ4n) is 7.42. The number of ether oxygens (including phenoxy) is 2. The molecule has 0 radical (unpaired) electrons. The summed E-state index contributed by atoms with van der Waals surface area (Å²) in [6, 6.07) is 6.67. The number of carbonyl (C=O) groups excluding carboxylic acids is 4. The van der Waals surface area contributed by atoms with Crippen molar-refractivity contribution < 1.29 is 33.8 Å². The van der Waals surface area contributed by atoms with E-state index in [0.29, 0.717) is 18.5 Å². The second-order valence-corrected chi connectivity index (χ2v) is 15.0. The number of aliphatic hydroxyl groups is 1. The maximum absolute atomic E-state index is 14.1. The molecule has 51 heavy (non-hydrogen) atoms. The number of likely N-dealkylation sites (tertiary alicyclic amines) is 1. The van der Waals surface area contributed by atoms with Crippen molar-refractivity contribution in [3.63, 3.8) is 0 Å². The lowest BCUT2D eigenvalue weighted by atomic mass is 9.89. The van der Waals surface area contributed by atoms with Crippen LogP contribution in [0.4, 0.5) is 0 Å². The fourth-order valence-corrected chi connectivity index (χ4v) is 7.42. The Morgan fingerprint density at radius 1 is 0.922 bits per heavy atom. The predicted molar refractivity (Wildman–Crippen MR) is 200 cm³/mol. The average molecular weight is 718 g/mol. The van der Waals surface area contributed by atoms with Crippen molar-refractivity contribution in [1.29, 1.82) is 0 Å². The van der Waals surface area contributed by atoms with Crippen LogP contribution in [0.3, 0.4) is 0 Å². The SMILES string of the molecule is CC[C@H](C)[C@@H]([C@H](CC(=O)N1CCC[C@H]1[C@H](OC)[C@@H](C)C(=O)N[C@H](C)[C@H](O)c1ccccc1)OC)N(C)C(=O)[C@@H](NC(=O)[C@@H](NC)C(C)C)C(C)C. The van der Waals surface area contributed by atoms with Crippen molar-refractivity contribution in [2.45, 2.75) is 130 Å². The molecule has 12 nitrogen and oxygen atoms in total. The Morgan fingerprint density at radius 2 is 1.53 bits per heavy atom. The number of likely N-dealkylation sites (N-methyl/N-ethyl adjacent to an activating group) is 2. The minimum absolute atomic E-state index is 0.0148. The van der Waals surface area contributed by atoms with Crippen molar-refractivity contribution in [3.8, 4) is 0 Å². The molecule has 290 valence electrons. The molecule has 12 heteroatoms.